The van der Waals surface area contributed by atoms with Gasteiger partial charge in [-0.05, 0) is 50.8 Å². The molecule has 2 heterocycles. The maximum Gasteiger partial charge on any atom is 0.251 e. The fourth-order valence-corrected chi connectivity index (χ4v) is 6.33. The van der Waals surface area contributed by atoms with Gasteiger partial charge in [0.1, 0.15) is 4.21 Å². The monoisotopic (exact) mass is 431 g/mol. The van der Waals surface area contributed by atoms with Crippen molar-refractivity contribution in [2.45, 2.75) is 63.3 Å². The molecule has 0 saturated carbocycles. The SMILES string of the molecule is CCCCc1cc(-c2ccc(Cn3ccnc3)cc2)c(S(=O)(=O)NC(C)(C)C)s1. The van der Waals surface area contributed by atoms with Gasteiger partial charge in [-0.1, -0.05) is 37.6 Å². The minimum atomic E-state index is -3.60. The Hall–Kier alpha value is -1.96. The summed E-state index contributed by atoms with van der Waals surface area (Å²) in [5.41, 5.74) is 2.32. The number of imidazole rings is 1. The molecule has 0 radical (unpaired) electrons. The van der Waals surface area contributed by atoms with E-state index in [4.69, 9.17) is 0 Å². The second kappa shape index (κ2) is 8.81. The normalized spacial score (nSPS) is 12.4. The van der Waals surface area contributed by atoms with Crippen molar-refractivity contribution in [1.29, 1.82) is 0 Å². The van der Waals surface area contributed by atoms with Crippen molar-refractivity contribution in [1.82, 2.24) is 14.3 Å². The molecule has 2 aromatic heterocycles. The van der Waals surface area contributed by atoms with Crippen LogP contribution in [0.2, 0.25) is 0 Å². The number of nitrogens with zero attached hydrogens (tertiary/aromatic N) is 2. The van der Waals surface area contributed by atoms with Crippen LogP contribution in [0.1, 0.15) is 51.0 Å². The number of benzene rings is 1. The van der Waals surface area contributed by atoms with Crippen LogP contribution in [0, 0.1) is 0 Å². The highest BCUT2D eigenvalue weighted by molar-refractivity contribution is 7.91. The van der Waals surface area contributed by atoms with Crippen LogP contribution in [0.5, 0.6) is 0 Å². The van der Waals surface area contributed by atoms with Gasteiger partial charge in [0, 0.05) is 34.9 Å². The smallest absolute Gasteiger partial charge is 0.251 e. The summed E-state index contributed by atoms with van der Waals surface area (Å²) in [6.07, 6.45) is 8.51. The Kier molecular flexibility index (Phi) is 6.61. The first-order valence-electron chi connectivity index (χ1n) is 9.90. The Morgan fingerprint density at radius 1 is 1.17 bits per heavy atom. The molecule has 0 fully saturated rings. The molecule has 7 heteroatoms. The molecule has 0 bridgehead atoms. The van der Waals surface area contributed by atoms with Gasteiger partial charge in [0.2, 0.25) is 0 Å². The molecule has 29 heavy (non-hydrogen) atoms. The highest BCUT2D eigenvalue weighted by Crippen LogP contribution is 2.36. The summed E-state index contributed by atoms with van der Waals surface area (Å²) in [4.78, 5) is 5.18. The lowest BCUT2D eigenvalue weighted by atomic mass is 10.1. The van der Waals surface area contributed by atoms with Crippen LogP contribution in [0.4, 0.5) is 0 Å². The maximum atomic E-state index is 13.1. The molecule has 0 atom stereocenters. The van der Waals surface area contributed by atoms with E-state index in [0.29, 0.717) is 4.21 Å². The van der Waals surface area contributed by atoms with Crippen LogP contribution in [0.15, 0.2) is 53.3 Å². The van der Waals surface area contributed by atoms with Crippen molar-refractivity contribution >= 4 is 21.4 Å². The molecule has 0 aliphatic heterocycles. The van der Waals surface area contributed by atoms with Crippen LogP contribution in [-0.2, 0) is 23.0 Å². The molecule has 0 spiro atoms. The number of sulfonamides is 1. The minimum absolute atomic E-state index is 0.404. The fourth-order valence-electron chi connectivity index (χ4n) is 3.13. The fraction of sp³-hybridized carbons (Fsp3) is 0.409. The molecule has 5 nitrogen and oxygen atoms in total. The summed E-state index contributed by atoms with van der Waals surface area (Å²) in [5, 5.41) is 0. The standard InChI is InChI=1S/C22H29N3O2S2/c1-5-6-7-19-14-20(21(28-19)29(26,27)24-22(2,3)4)18-10-8-17(9-11-18)15-25-13-12-23-16-25/h8-14,16,24H,5-7,15H2,1-4H3. The third kappa shape index (κ3) is 5.78. The summed E-state index contributed by atoms with van der Waals surface area (Å²) < 4.78 is 31.4. The van der Waals surface area contributed by atoms with Gasteiger partial charge < -0.3 is 4.57 Å². The van der Waals surface area contributed by atoms with Gasteiger partial charge in [0.15, 0.2) is 0 Å². The number of thiophene rings is 1. The number of unbranched alkanes of at least 4 members (excludes halogenated alkanes) is 1. The van der Waals surface area contributed by atoms with Gasteiger partial charge in [-0.3, -0.25) is 0 Å². The molecular formula is C22H29N3O2S2. The van der Waals surface area contributed by atoms with E-state index in [1.807, 2.05) is 61.9 Å². The van der Waals surface area contributed by atoms with Gasteiger partial charge in [0.25, 0.3) is 10.0 Å². The Morgan fingerprint density at radius 2 is 1.90 bits per heavy atom. The van der Waals surface area contributed by atoms with Gasteiger partial charge >= 0.3 is 0 Å². The third-order valence-electron chi connectivity index (χ3n) is 4.40. The molecule has 0 aliphatic rings. The average Bonchev–Trinajstić information content (AvgIpc) is 3.28. The van der Waals surface area contributed by atoms with Crippen molar-refractivity contribution < 1.29 is 8.42 Å². The summed E-state index contributed by atoms with van der Waals surface area (Å²) in [5.74, 6) is 0. The van der Waals surface area contributed by atoms with Crippen molar-refractivity contribution in [3.63, 3.8) is 0 Å². The van der Waals surface area contributed by atoms with Crippen molar-refractivity contribution in [3.8, 4) is 11.1 Å². The minimum Gasteiger partial charge on any atom is -0.333 e. The van der Waals surface area contributed by atoms with Gasteiger partial charge in [-0.25, -0.2) is 18.1 Å². The predicted molar refractivity (Wildman–Crippen MR) is 120 cm³/mol. The van der Waals surface area contributed by atoms with Crippen molar-refractivity contribution in [2.24, 2.45) is 0 Å². The molecule has 1 aromatic carbocycles. The average molecular weight is 432 g/mol. The van der Waals surface area contributed by atoms with Gasteiger partial charge in [-0.15, -0.1) is 11.3 Å². The zero-order valence-electron chi connectivity index (χ0n) is 17.5. The third-order valence-corrected chi connectivity index (χ3v) is 7.89. The number of rotatable bonds is 8. The quantitative estimate of drug-likeness (QED) is 0.541. The second-order valence-corrected chi connectivity index (χ2v) is 11.3. The molecule has 0 aliphatic carbocycles. The first-order chi connectivity index (χ1) is 13.7. The predicted octanol–water partition coefficient (Wildman–Crippen LogP) is 5.08. The van der Waals surface area contributed by atoms with E-state index < -0.39 is 15.6 Å². The van der Waals surface area contributed by atoms with E-state index in [1.54, 1.807) is 12.5 Å². The van der Waals surface area contributed by atoms with E-state index in [2.05, 4.69) is 16.6 Å². The van der Waals surface area contributed by atoms with Crippen molar-refractivity contribution in [3.05, 3.63) is 59.5 Å². The number of aromatic nitrogens is 2. The van der Waals surface area contributed by atoms with E-state index in [1.165, 1.54) is 11.3 Å². The van der Waals surface area contributed by atoms with Crippen LogP contribution in [-0.4, -0.2) is 23.5 Å². The Balaban J connectivity index is 1.95. The largest absolute Gasteiger partial charge is 0.333 e. The van der Waals surface area contributed by atoms with Gasteiger partial charge in [0.05, 0.1) is 6.33 Å². The molecule has 0 amide bonds. The molecule has 3 aromatic rings. The van der Waals surface area contributed by atoms with E-state index >= 15 is 0 Å². The first kappa shape index (κ1) is 21.7. The highest BCUT2D eigenvalue weighted by Gasteiger charge is 2.27. The maximum absolute atomic E-state index is 13.1. The van der Waals surface area contributed by atoms with E-state index in [0.717, 1.165) is 47.4 Å². The Labute approximate surface area is 177 Å². The van der Waals surface area contributed by atoms with Gasteiger partial charge in [-0.2, -0.15) is 0 Å². The van der Waals surface area contributed by atoms with E-state index in [-0.39, 0.29) is 0 Å². The molecule has 156 valence electrons. The highest BCUT2D eigenvalue weighted by atomic mass is 32.2. The zero-order chi connectivity index (χ0) is 21.1. The first-order valence-corrected chi connectivity index (χ1v) is 12.2. The van der Waals surface area contributed by atoms with Crippen LogP contribution in [0.25, 0.3) is 11.1 Å². The molecule has 0 unspecified atom stereocenters. The lowest BCUT2D eigenvalue weighted by molar-refractivity contribution is 0.493. The number of nitrogens with one attached hydrogen (secondary N) is 1. The van der Waals surface area contributed by atoms with Crippen LogP contribution >= 0.6 is 11.3 Å². The Morgan fingerprint density at radius 3 is 2.48 bits per heavy atom. The van der Waals surface area contributed by atoms with Crippen molar-refractivity contribution in [2.75, 3.05) is 0 Å². The number of hydrogen-bond donors (Lipinski definition) is 1. The van der Waals surface area contributed by atoms with Crippen LogP contribution in [0.3, 0.4) is 0 Å². The van der Waals surface area contributed by atoms with Crippen LogP contribution < -0.4 is 4.72 Å². The second-order valence-electron chi connectivity index (χ2n) is 8.30. The Bertz CT molecular complexity index is 1030. The number of aryl methyl sites for hydroxylation is 1. The summed E-state index contributed by atoms with van der Waals surface area (Å²) >= 11 is 1.39. The zero-order valence-corrected chi connectivity index (χ0v) is 19.1. The lowest BCUT2D eigenvalue weighted by Gasteiger charge is -2.20. The summed E-state index contributed by atoms with van der Waals surface area (Å²) in [6.45, 7) is 8.47. The van der Waals surface area contributed by atoms with E-state index in [9.17, 15) is 8.42 Å². The molecule has 1 N–H and O–H groups in total. The lowest BCUT2D eigenvalue weighted by Crippen LogP contribution is -2.40. The topological polar surface area (TPSA) is 64.0 Å². The number of hydrogen-bond acceptors (Lipinski definition) is 4. The molecular weight excluding hydrogens is 402 g/mol. The molecule has 0 saturated heterocycles. The summed E-state index contributed by atoms with van der Waals surface area (Å²) in [6, 6.07) is 10.2. The molecule has 3 rings (SSSR count). The summed E-state index contributed by atoms with van der Waals surface area (Å²) in [7, 11) is -3.60.